The number of rotatable bonds is 9. The maximum atomic E-state index is 11.5. The molecule has 20 heavy (non-hydrogen) atoms. The molecule has 6 nitrogen and oxygen atoms in total. The molecule has 0 saturated heterocycles. The SMILES string of the molecule is CCCC(=O)C(N)CCCCNC(=O)OOC(C)(C)C. The van der Waals surface area contributed by atoms with Gasteiger partial charge in [-0.25, -0.2) is 4.79 Å². The van der Waals surface area contributed by atoms with Gasteiger partial charge in [-0.1, -0.05) is 6.92 Å². The lowest BCUT2D eigenvalue weighted by atomic mass is 10.0. The van der Waals surface area contributed by atoms with Crippen LogP contribution in [0.5, 0.6) is 0 Å². The van der Waals surface area contributed by atoms with E-state index >= 15 is 0 Å². The summed E-state index contributed by atoms with van der Waals surface area (Å²) in [6, 6.07) is -0.383. The molecule has 0 fully saturated rings. The molecule has 1 amide bonds. The van der Waals surface area contributed by atoms with E-state index in [4.69, 9.17) is 10.6 Å². The predicted molar refractivity (Wildman–Crippen MR) is 77.1 cm³/mol. The van der Waals surface area contributed by atoms with Crippen molar-refractivity contribution in [1.29, 1.82) is 0 Å². The number of hydrogen-bond acceptors (Lipinski definition) is 5. The Hall–Kier alpha value is -1.14. The Morgan fingerprint density at radius 3 is 2.45 bits per heavy atom. The lowest BCUT2D eigenvalue weighted by Crippen LogP contribution is -2.31. The van der Waals surface area contributed by atoms with E-state index in [9.17, 15) is 9.59 Å². The van der Waals surface area contributed by atoms with E-state index in [1.165, 1.54) is 0 Å². The maximum Gasteiger partial charge on any atom is 0.438 e. The number of carbonyl (C=O) groups is 2. The minimum atomic E-state index is -0.605. The summed E-state index contributed by atoms with van der Waals surface area (Å²) in [7, 11) is 0. The summed E-state index contributed by atoms with van der Waals surface area (Å²) in [5, 5.41) is 2.57. The topological polar surface area (TPSA) is 90.7 Å². The molecule has 1 atom stereocenters. The van der Waals surface area contributed by atoms with E-state index in [-0.39, 0.29) is 11.8 Å². The summed E-state index contributed by atoms with van der Waals surface area (Å²) in [6.45, 7) is 7.79. The first-order chi connectivity index (χ1) is 9.26. The van der Waals surface area contributed by atoms with Crippen LogP contribution in [-0.4, -0.2) is 30.1 Å². The lowest BCUT2D eigenvalue weighted by molar-refractivity contribution is -0.300. The van der Waals surface area contributed by atoms with E-state index in [0.717, 1.165) is 19.3 Å². The Kier molecular flexibility index (Phi) is 9.16. The molecule has 0 aliphatic heterocycles. The van der Waals surface area contributed by atoms with Crippen LogP contribution in [0.2, 0.25) is 0 Å². The molecule has 0 saturated carbocycles. The Bertz CT molecular complexity index is 300. The third-order valence-corrected chi connectivity index (χ3v) is 2.49. The molecule has 0 heterocycles. The normalized spacial score (nSPS) is 12.8. The molecular weight excluding hydrogens is 260 g/mol. The zero-order valence-electron chi connectivity index (χ0n) is 13.0. The smallest absolute Gasteiger partial charge is 0.322 e. The summed E-state index contributed by atoms with van der Waals surface area (Å²) < 4.78 is 0. The van der Waals surface area contributed by atoms with Gasteiger partial charge in [0.2, 0.25) is 0 Å². The third kappa shape index (κ3) is 10.8. The highest BCUT2D eigenvalue weighted by Gasteiger charge is 2.15. The molecule has 0 aliphatic rings. The molecule has 6 heteroatoms. The van der Waals surface area contributed by atoms with Crippen molar-refractivity contribution in [2.24, 2.45) is 5.73 Å². The lowest BCUT2D eigenvalue weighted by Gasteiger charge is -2.16. The summed E-state index contributed by atoms with van der Waals surface area (Å²) >= 11 is 0. The van der Waals surface area contributed by atoms with Gasteiger partial charge in [0.25, 0.3) is 0 Å². The van der Waals surface area contributed by atoms with Gasteiger partial charge in [0.1, 0.15) is 11.4 Å². The molecular formula is C14H28N2O4. The molecule has 0 aromatic heterocycles. The van der Waals surface area contributed by atoms with Crippen molar-refractivity contribution in [3.05, 3.63) is 0 Å². The van der Waals surface area contributed by atoms with Gasteiger partial charge in [0.15, 0.2) is 0 Å². The molecule has 0 aliphatic carbocycles. The van der Waals surface area contributed by atoms with Gasteiger partial charge in [-0.2, -0.15) is 4.89 Å². The summed E-state index contributed by atoms with van der Waals surface area (Å²) in [5.74, 6) is 0.110. The number of carbonyl (C=O) groups excluding carboxylic acids is 2. The van der Waals surface area contributed by atoms with Gasteiger partial charge in [0, 0.05) is 13.0 Å². The number of nitrogens with one attached hydrogen (secondary N) is 1. The fourth-order valence-corrected chi connectivity index (χ4v) is 1.46. The average Bonchev–Trinajstić information content (AvgIpc) is 2.35. The van der Waals surface area contributed by atoms with Crippen molar-refractivity contribution in [2.75, 3.05) is 6.54 Å². The highest BCUT2D eigenvalue weighted by molar-refractivity contribution is 5.83. The monoisotopic (exact) mass is 288 g/mol. The standard InChI is InChI=1S/C14H28N2O4/c1-5-8-12(17)11(15)9-6-7-10-16-13(18)19-20-14(2,3)4/h11H,5-10,15H2,1-4H3,(H,16,18). The van der Waals surface area contributed by atoms with Crippen molar-refractivity contribution in [3.8, 4) is 0 Å². The van der Waals surface area contributed by atoms with Crippen LogP contribution in [0.1, 0.15) is 59.8 Å². The van der Waals surface area contributed by atoms with E-state index in [0.29, 0.717) is 19.4 Å². The highest BCUT2D eigenvalue weighted by atomic mass is 17.2. The quantitative estimate of drug-likeness (QED) is 0.386. The minimum absolute atomic E-state index is 0.110. The number of Topliss-reactive ketones (excluding diaryl/α,β-unsaturated/α-hetero) is 1. The first kappa shape index (κ1) is 18.9. The number of nitrogens with two attached hydrogens (primary N) is 1. The zero-order chi connectivity index (χ0) is 15.6. The number of amides is 1. The Morgan fingerprint density at radius 2 is 1.90 bits per heavy atom. The molecule has 0 bridgehead atoms. The molecule has 0 aromatic rings. The number of unbranched alkanes of at least 4 members (excludes halogenated alkanes) is 1. The van der Waals surface area contributed by atoms with E-state index in [2.05, 4.69) is 10.2 Å². The maximum absolute atomic E-state index is 11.5. The van der Waals surface area contributed by atoms with E-state index < -0.39 is 11.7 Å². The summed E-state index contributed by atoms with van der Waals surface area (Å²) in [6.07, 6.45) is 2.94. The van der Waals surface area contributed by atoms with Crippen molar-refractivity contribution < 1.29 is 19.4 Å². The average molecular weight is 288 g/mol. The first-order valence-corrected chi connectivity index (χ1v) is 7.18. The Morgan fingerprint density at radius 1 is 1.25 bits per heavy atom. The zero-order valence-corrected chi connectivity index (χ0v) is 13.0. The molecule has 118 valence electrons. The van der Waals surface area contributed by atoms with Crippen LogP contribution in [0.4, 0.5) is 4.79 Å². The highest BCUT2D eigenvalue weighted by Crippen LogP contribution is 2.07. The second-order valence-corrected chi connectivity index (χ2v) is 5.81. The second kappa shape index (κ2) is 9.72. The molecule has 1 unspecified atom stereocenters. The van der Waals surface area contributed by atoms with Gasteiger partial charge in [-0.15, -0.1) is 0 Å². The first-order valence-electron chi connectivity index (χ1n) is 7.18. The molecule has 0 aromatic carbocycles. The Labute approximate surface area is 121 Å². The van der Waals surface area contributed by atoms with Crippen molar-refractivity contribution in [1.82, 2.24) is 5.32 Å². The van der Waals surface area contributed by atoms with E-state index in [1.807, 2.05) is 6.92 Å². The van der Waals surface area contributed by atoms with Gasteiger partial charge in [-0.05, 0) is 46.5 Å². The number of hydrogen-bond donors (Lipinski definition) is 2. The van der Waals surface area contributed by atoms with Crippen LogP contribution in [0.3, 0.4) is 0 Å². The predicted octanol–water partition coefficient (Wildman–Crippen LogP) is 2.31. The molecule has 0 radical (unpaired) electrons. The third-order valence-electron chi connectivity index (χ3n) is 2.49. The van der Waals surface area contributed by atoms with Crippen molar-refractivity contribution in [3.63, 3.8) is 0 Å². The van der Waals surface area contributed by atoms with Crippen LogP contribution in [0, 0.1) is 0 Å². The largest absolute Gasteiger partial charge is 0.438 e. The fraction of sp³-hybridized carbons (Fsp3) is 0.857. The second-order valence-electron chi connectivity index (χ2n) is 5.81. The van der Waals surface area contributed by atoms with Crippen LogP contribution in [0.15, 0.2) is 0 Å². The summed E-state index contributed by atoms with van der Waals surface area (Å²) in [5.41, 5.74) is 5.24. The van der Waals surface area contributed by atoms with Gasteiger partial charge in [-0.3, -0.25) is 9.68 Å². The van der Waals surface area contributed by atoms with Crippen LogP contribution in [0.25, 0.3) is 0 Å². The molecule has 0 spiro atoms. The minimum Gasteiger partial charge on any atom is -0.322 e. The Balaban J connectivity index is 3.57. The number of ketones is 1. The molecule has 3 N–H and O–H groups in total. The van der Waals surface area contributed by atoms with Gasteiger partial charge in [0.05, 0.1) is 6.04 Å². The van der Waals surface area contributed by atoms with Crippen molar-refractivity contribution >= 4 is 11.9 Å². The van der Waals surface area contributed by atoms with Crippen LogP contribution in [-0.2, 0) is 14.6 Å². The van der Waals surface area contributed by atoms with Gasteiger partial charge >= 0.3 is 6.09 Å². The van der Waals surface area contributed by atoms with E-state index in [1.54, 1.807) is 20.8 Å². The van der Waals surface area contributed by atoms with Crippen molar-refractivity contribution in [2.45, 2.75) is 71.4 Å². The van der Waals surface area contributed by atoms with Crippen LogP contribution < -0.4 is 11.1 Å². The van der Waals surface area contributed by atoms with Gasteiger partial charge < -0.3 is 11.1 Å². The summed E-state index contributed by atoms with van der Waals surface area (Å²) in [4.78, 5) is 32.1. The van der Waals surface area contributed by atoms with Crippen LogP contribution >= 0.6 is 0 Å². The molecule has 0 rings (SSSR count). The fourth-order valence-electron chi connectivity index (χ4n) is 1.46.